The average molecular weight is 417 g/mol. The molecule has 1 aliphatic rings. The average Bonchev–Trinajstić information content (AvgIpc) is 3.35. The molecule has 0 spiro atoms. The van der Waals surface area contributed by atoms with Crippen molar-refractivity contribution >= 4 is 40.6 Å². The monoisotopic (exact) mass is 417 g/mol. The number of hydrogen-bond donors (Lipinski definition) is 3. The van der Waals surface area contributed by atoms with Gasteiger partial charge in [0.05, 0.1) is 12.8 Å². The van der Waals surface area contributed by atoms with Crippen LogP contribution in [0.4, 0.5) is 11.4 Å². The summed E-state index contributed by atoms with van der Waals surface area (Å²) in [6.45, 7) is -0.190. The molecule has 0 radical (unpaired) electrons. The highest BCUT2D eigenvalue weighted by Gasteiger charge is 2.28. The number of primary amides is 1. The molecule has 9 nitrogen and oxygen atoms in total. The molecule has 1 aromatic carbocycles. The highest BCUT2D eigenvalue weighted by atomic mass is 32.1. The summed E-state index contributed by atoms with van der Waals surface area (Å²) in [6, 6.07) is 6.85. The van der Waals surface area contributed by atoms with Gasteiger partial charge >= 0.3 is 0 Å². The lowest BCUT2D eigenvalue weighted by Crippen LogP contribution is -2.43. The van der Waals surface area contributed by atoms with E-state index in [1.165, 1.54) is 12.0 Å². The quantitative estimate of drug-likeness (QED) is 0.624. The zero-order chi connectivity index (χ0) is 21.0. The van der Waals surface area contributed by atoms with Crippen molar-refractivity contribution < 1.29 is 19.1 Å². The van der Waals surface area contributed by atoms with Crippen molar-refractivity contribution in [3.63, 3.8) is 0 Å². The smallest absolute Gasteiger partial charge is 0.272 e. The molecule has 0 atom stereocenters. The Hall–Kier alpha value is -3.14. The first-order valence-electron chi connectivity index (χ1n) is 9.21. The maximum Gasteiger partial charge on any atom is 0.272 e. The van der Waals surface area contributed by atoms with Gasteiger partial charge in [0.1, 0.15) is 17.2 Å². The minimum atomic E-state index is -0.812. The lowest BCUT2D eigenvalue weighted by atomic mass is 10.2. The van der Waals surface area contributed by atoms with Crippen molar-refractivity contribution in [3.8, 4) is 5.75 Å². The third-order valence-corrected chi connectivity index (χ3v) is 5.66. The van der Waals surface area contributed by atoms with E-state index >= 15 is 0 Å². The first-order valence-corrected chi connectivity index (χ1v) is 9.98. The molecule has 1 heterocycles. The van der Waals surface area contributed by atoms with Gasteiger partial charge in [0.2, 0.25) is 5.91 Å². The molecule has 1 fully saturated rings. The number of nitrogen functional groups attached to an aromatic ring is 1. The number of hydrogen-bond acceptors (Lipinski definition) is 7. The molecule has 3 rings (SSSR count). The lowest BCUT2D eigenvalue weighted by molar-refractivity contribution is -0.120. The Morgan fingerprint density at radius 1 is 1.24 bits per heavy atom. The first kappa shape index (κ1) is 20.6. The summed E-state index contributed by atoms with van der Waals surface area (Å²) in [4.78, 5) is 38.6. The molecule has 0 unspecified atom stereocenters. The summed E-state index contributed by atoms with van der Waals surface area (Å²) >= 11 is 0.780. The van der Waals surface area contributed by atoms with Crippen LogP contribution < -0.4 is 26.4 Å². The second-order valence-electron chi connectivity index (χ2n) is 6.78. The Kier molecular flexibility index (Phi) is 6.32. The molecule has 1 saturated carbocycles. The van der Waals surface area contributed by atoms with Crippen LogP contribution in [-0.2, 0) is 4.79 Å². The number of carbonyl (C=O) groups is 3. The number of nitrogens with zero attached hydrogens (tertiary/aromatic N) is 2. The van der Waals surface area contributed by atoms with Crippen LogP contribution in [0.25, 0.3) is 0 Å². The van der Waals surface area contributed by atoms with Crippen molar-refractivity contribution in [3.05, 3.63) is 34.8 Å². The van der Waals surface area contributed by atoms with E-state index in [0.717, 1.165) is 37.2 Å². The van der Waals surface area contributed by atoms with E-state index in [0.29, 0.717) is 11.4 Å². The van der Waals surface area contributed by atoms with E-state index in [4.69, 9.17) is 16.2 Å². The molecule has 154 valence electrons. The van der Waals surface area contributed by atoms with Crippen LogP contribution in [0.1, 0.15) is 45.8 Å². The predicted octanol–water partition coefficient (Wildman–Crippen LogP) is 1.54. The zero-order valence-electron chi connectivity index (χ0n) is 16.0. The summed E-state index contributed by atoms with van der Waals surface area (Å²) < 4.78 is 9.03. The normalized spacial score (nSPS) is 13.8. The van der Waals surface area contributed by atoms with Gasteiger partial charge in [-0.15, -0.1) is 0 Å². The summed E-state index contributed by atoms with van der Waals surface area (Å²) in [7, 11) is 1.54. The van der Waals surface area contributed by atoms with E-state index in [-0.39, 0.29) is 34.8 Å². The van der Waals surface area contributed by atoms with E-state index < -0.39 is 11.8 Å². The van der Waals surface area contributed by atoms with Gasteiger partial charge < -0.3 is 21.5 Å². The first-order chi connectivity index (χ1) is 13.9. The Balaban J connectivity index is 1.87. The van der Waals surface area contributed by atoms with Crippen LogP contribution in [0, 0.1) is 0 Å². The largest absolute Gasteiger partial charge is 0.497 e. The number of carbonyl (C=O) groups excluding carboxylic acids is 3. The number of rotatable bonds is 7. The molecule has 1 aromatic heterocycles. The topological polar surface area (TPSA) is 141 Å². The summed E-state index contributed by atoms with van der Waals surface area (Å²) in [5, 5.41) is 2.97. The van der Waals surface area contributed by atoms with Crippen LogP contribution in [0.3, 0.4) is 0 Å². The molecular weight excluding hydrogens is 394 g/mol. The van der Waals surface area contributed by atoms with Crippen molar-refractivity contribution in [1.29, 1.82) is 0 Å². The fourth-order valence-electron chi connectivity index (χ4n) is 3.28. The molecule has 0 saturated heterocycles. The molecule has 5 N–H and O–H groups in total. The fourth-order valence-corrected chi connectivity index (χ4v) is 4.04. The second kappa shape index (κ2) is 8.91. The van der Waals surface area contributed by atoms with Gasteiger partial charge in [-0.1, -0.05) is 12.8 Å². The Morgan fingerprint density at radius 2 is 1.90 bits per heavy atom. The van der Waals surface area contributed by atoms with E-state index in [2.05, 4.69) is 9.69 Å². The molecule has 0 bridgehead atoms. The standard InChI is InChI=1S/C19H23N5O4S/c1-28-13-8-6-12(7-9-13)24(10-14(25)22-11-4-2-3-5-11)19(27)17-15(20)16(18(21)26)23-29-17/h6-9,11H,2-5,10,20H2,1H3,(H2,21,26)(H,22,25). The molecule has 10 heteroatoms. The summed E-state index contributed by atoms with van der Waals surface area (Å²) in [6.07, 6.45) is 4.04. The molecule has 1 aliphatic carbocycles. The minimum Gasteiger partial charge on any atom is -0.497 e. The Morgan fingerprint density at radius 3 is 2.45 bits per heavy atom. The molecule has 29 heavy (non-hydrogen) atoms. The third-order valence-electron chi connectivity index (χ3n) is 4.81. The van der Waals surface area contributed by atoms with Crippen LogP contribution in [0.2, 0.25) is 0 Å². The number of benzene rings is 1. The van der Waals surface area contributed by atoms with Crippen molar-refractivity contribution in [2.75, 3.05) is 24.3 Å². The predicted molar refractivity (Wildman–Crippen MR) is 110 cm³/mol. The summed E-state index contributed by atoms with van der Waals surface area (Å²) in [5.74, 6) is -0.990. The number of nitrogens with one attached hydrogen (secondary N) is 1. The van der Waals surface area contributed by atoms with Crippen LogP contribution in [0.5, 0.6) is 5.75 Å². The van der Waals surface area contributed by atoms with E-state index in [1.807, 2.05) is 0 Å². The van der Waals surface area contributed by atoms with Gasteiger partial charge in [-0.05, 0) is 48.6 Å². The number of anilines is 2. The molecule has 2 aromatic rings. The van der Waals surface area contributed by atoms with E-state index in [1.54, 1.807) is 24.3 Å². The van der Waals surface area contributed by atoms with Gasteiger partial charge in [-0.2, -0.15) is 4.37 Å². The zero-order valence-corrected chi connectivity index (χ0v) is 16.8. The number of aromatic nitrogens is 1. The van der Waals surface area contributed by atoms with Crippen molar-refractivity contribution in [2.24, 2.45) is 5.73 Å². The van der Waals surface area contributed by atoms with Gasteiger partial charge in [0.25, 0.3) is 11.8 Å². The second-order valence-corrected chi connectivity index (χ2v) is 7.55. The Labute approximate surface area is 172 Å². The number of ether oxygens (including phenoxy) is 1. The maximum atomic E-state index is 13.2. The summed E-state index contributed by atoms with van der Waals surface area (Å²) in [5.41, 5.74) is 11.4. The minimum absolute atomic E-state index is 0.0586. The highest BCUT2D eigenvalue weighted by molar-refractivity contribution is 7.09. The van der Waals surface area contributed by atoms with Crippen molar-refractivity contribution in [2.45, 2.75) is 31.7 Å². The maximum absolute atomic E-state index is 13.2. The van der Waals surface area contributed by atoms with Crippen LogP contribution >= 0.6 is 11.5 Å². The SMILES string of the molecule is COc1ccc(N(CC(=O)NC2CCCC2)C(=O)c2snc(C(N)=O)c2N)cc1. The van der Waals surface area contributed by atoms with Gasteiger partial charge in [0, 0.05) is 11.7 Å². The van der Waals surface area contributed by atoms with E-state index in [9.17, 15) is 14.4 Å². The van der Waals surface area contributed by atoms with Gasteiger partial charge in [-0.3, -0.25) is 19.3 Å². The number of methoxy groups -OCH3 is 1. The number of nitrogens with two attached hydrogens (primary N) is 2. The fraction of sp³-hybridized carbons (Fsp3) is 0.368. The van der Waals surface area contributed by atoms with Gasteiger partial charge in [0.15, 0.2) is 5.69 Å². The molecular formula is C19H23N5O4S. The highest BCUT2D eigenvalue weighted by Crippen LogP contribution is 2.27. The van der Waals surface area contributed by atoms with Gasteiger partial charge in [-0.25, -0.2) is 0 Å². The molecule has 0 aliphatic heterocycles. The van der Waals surface area contributed by atoms with Crippen LogP contribution in [-0.4, -0.2) is 41.8 Å². The molecule has 3 amide bonds. The van der Waals surface area contributed by atoms with Crippen LogP contribution in [0.15, 0.2) is 24.3 Å². The Bertz CT molecular complexity index is 906. The third kappa shape index (κ3) is 4.65. The lowest BCUT2D eigenvalue weighted by Gasteiger charge is -2.23. The number of amides is 3. The van der Waals surface area contributed by atoms with Crippen molar-refractivity contribution in [1.82, 2.24) is 9.69 Å².